The summed E-state index contributed by atoms with van der Waals surface area (Å²) in [6.45, 7) is 10.9. The summed E-state index contributed by atoms with van der Waals surface area (Å²) in [6.07, 6.45) is 1.65. The van der Waals surface area contributed by atoms with Crippen molar-refractivity contribution in [3.8, 4) is 0 Å². The molecule has 1 heterocycles. The molecule has 0 amide bonds. The van der Waals surface area contributed by atoms with E-state index < -0.39 is 24.4 Å². The summed E-state index contributed by atoms with van der Waals surface area (Å²) in [5.74, 6) is 0.663. The molecule has 0 radical (unpaired) electrons. The van der Waals surface area contributed by atoms with E-state index in [2.05, 4.69) is 20.8 Å². The van der Waals surface area contributed by atoms with Gasteiger partial charge in [0.05, 0.1) is 36.9 Å². The maximum absolute atomic E-state index is 12.9. The number of carbonyl (C=O) groups excluding carboxylic acids is 1. The van der Waals surface area contributed by atoms with Gasteiger partial charge >= 0.3 is 5.97 Å². The fourth-order valence-corrected chi connectivity index (χ4v) is 8.64. The Morgan fingerprint density at radius 3 is 2.25 bits per heavy atom. The molecule has 4 rings (SSSR count). The third-order valence-corrected chi connectivity index (χ3v) is 10.6. The van der Waals surface area contributed by atoms with E-state index in [1.54, 1.807) is 0 Å². The van der Waals surface area contributed by atoms with E-state index >= 15 is 0 Å². The first kappa shape index (κ1) is 24.4. The lowest BCUT2D eigenvalue weighted by molar-refractivity contribution is -0.162. The standard InChI is InChI=1S/C26H44O6/c1-13(2)22(29)23(30)14(3)16-6-7-17-15-12-32-24(31)19-10-20(27)21(28)11-26(19,5)18(15)8-9-25(16,17)4/h13-23,27-30H,6-12H2,1-5H3/t14-,15-,16+,17-,18-,19+,20-,21+,22+,23+,25+,26+/m0/s1. The lowest BCUT2D eigenvalue weighted by Gasteiger charge is -2.56. The molecule has 0 aromatic heterocycles. The Bertz CT molecular complexity index is 710. The van der Waals surface area contributed by atoms with E-state index in [1.165, 1.54) is 0 Å². The molecular formula is C26H44O6. The van der Waals surface area contributed by atoms with E-state index in [0.29, 0.717) is 24.9 Å². The van der Waals surface area contributed by atoms with Crippen molar-refractivity contribution in [2.45, 2.75) is 97.6 Å². The van der Waals surface area contributed by atoms with Crippen LogP contribution in [0.3, 0.4) is 0 Å². The van der Waals surface area contributed by atoms with Gasteiger partial charge in [0.15, 0.2) is 0 Å². The number of carbonyl (C=O) groups is 1. The van der Waals surface area contributed by atoms with Crippen molar-refractivity contribution >= 4 is 5.97 Å². The molecule has 32 heavy (non-hydrogen) atoms. The first-order chi connectivity index (χ1) is 14.9. The van der Waals surface area contributed by atoms with Crippen molar-refractivity contribution in [2.24, 2.45) is 52.3 Å². The van der Waals surface area contributed by atoms with Crippen LogP contribution in [-0.4, -0.2) is 57.4 Å². The lowest BCUT2D eigenvalue weighted by Crippen LogP contribution is -2.55. The molecule has 4 fully saturated rings. The summed E-state index contributed by atoms with van der Waals surface area (Å²) in [5, 5.41) is 42.2. The molecule has 0 aromatic rings. The molecule has 0 unspecified atom stereocenters. The Hall–Kier alpha value is -0.690. The highest BCUT2D eigenvalue weighted by atomic mass is 16.5. The summed E-state index contributed by atoms with van der Waals surface area (Å²) in [5.41, 5.74) is -0.330. The Balaban J connectivity index is 1.60. The SMILES string of the molecule is CC(C)[C@@H](O)[C@H](O)[C@@H](C)[C@H]1CC[C@H]2[C@@H]3COC(=O)[C@H]4C[C@H](O)[C@H](O)C[C@]4(C)[C@H]3CC[C@]12C. The molecule has 184 valence electrons. The summed E-state index contributed by atoms with van der Waals surface area (Å²) in [4.78, 5) is 12.9. The molecule has 4 aliphatic rings. The van der Waals surface area contributed by atoms with Crippen molar-refractivity contribution in [3.63, 3.8) is 0 Å². The smallest absolute Gasteiger partial charge is 0.309 e. The van der Waals surface area contributed by atoms with Gasteiger partial charge in [-0.1, -0.05) is 34.6 Å². The average Bonchev–Trinajstić information content (AvgIpc) is 3.04. The Kier molecular flexibility index (Phi) is 6.50. The molecule has 6 nitrogen and oxygen atoms in total. The Morgan fingerprint density at radius 1 is 0.938 bits per heavy atom. The van der Waals surface area contributed by atoms with Crippen molar-refractivity contribution in [3.05, 3.63) is 0 Å². The maximum Gasteiger partial charge on any atom is 0.309 e. The highest BCUT2D eigenvalue weighted by molar-refractivity contribution is 5.74. The van der Waals surface area contributed by atoms with Crippen LogP contribution >= 0.6 is 0 Å². The predicted molar refractivity (Wildman–Crippen MR) is 120 cm³/mol. The molecule has 3 saturated carbocycles. The van der Waals surface area contributed by atoms with Crippen molar-refractivity contribution in [2.75, 3.05) is 6.61 Å². The zero-order chi connectivity index (χ0) is 23.6. The highest BCUT2D eigenvalue weighted by Gasteiger charge is 2.63. The van der Waals surface area contributed by atoms with Gasteiger partial charge in [0, 0.05) is 0 Å². The molecular weight excluding hydrogens is 408 g/mol. The van der Waals surface area contributed by atoms with Crippen molar-refractivity contribution in [1.82, 2.24) is 0 Å². The fraction of sp³-hybridized carbons (Fsp3) is 0.962. The molecule has 6 heteroatoms. The number of rotatable bonds is 4. The molecule has 0 aromatic carbocycles. The molecule has 4 N–H and O–H groups in total. The Morgan fingerprint density at radius 2 is 1.59 bits per heavy atom. The van der Waals surface area contributed by atoms with Gasteiger partial charge in [-0.2, -0.15) is 0 Å². The van der Waals surface area contributed by atoms with Crippen LogP contribution in [0.2, 0.25) is 0 Å². The van der Waals surface area contributed by atoms with Gasteiger partial charge in [0.1, 0.15) is 0 Å². The lowest BCUT2D eigenvalue weighted by atomic mass is 9.48. The quantitative estimate of drug-likeness (QED) is 0.489. The van der Waals surface area contributed by atoms with Gasteiger partial charge < -0.3 is 25.2 Å². The molecule has 12 atom stereocenters. The Labute approximate surface area is 192 Å². The molecule has 0 bridgehead atoms. The van der Waals surface area contributed by atoms with E-state index in [1.807, 2.05) is 13.8 Å². The third kappa shape index (κ3) is 3.64. The number of hydrogen-bond acceptors (Lipinski definition) is 6. The number of cyclic esters (lactones) is 1. The summed E-state index contributed by atoms with van der Waals surface area (Å²) in [7, 11) is 0. The van der Waals surface area contributed by atoms with E-state index in [9.17, 15) is 25.2 Å². The van der Waals surface area contributed by atoms with Crippen LogP contribution in [0.4, 0.5) is 0 Å². The van der Waals surface area contributed by atoms with Gasteiger partial charge in [0.25, 0.3) is 0 Å². The van der Waals surface area contributed by atoms with Crippen LogP contribution < -0.4 is 0 Å². The minimum atomic E-state index is -0.864. The molecule has 1 aliphatic heterocycles. The van der Waals surface area contributed by atoms with Gasteiger partial charge in [-0.05, 0) is 84.9 Å². The second-order valence-corrected chi connectivity index (χ2v) is 12.5. The third-order valence-electron chi connectivity index (χ3n) is 10.6. The minimum absolute atomic E-state index is 0.00210. The van der Waals surface area contributed by atoms with Crippen LogP contribution in [0.25, 0.3) is 0 Å². The molecule has 3 aliphatic carbocycles. The first-order valence-corrected chi connectivity index (χ1v) is 12.8. The zero-order valence-electron chi connectivity index (χ0n) is 20.4. The van der Waals surface area contributed by atoms with Crippen LogP contribution in [0.1, 0.15) is 73.1 Å². The molecule has 0 spiro atoms. The largest absolute Gasteiger partial charge is 0.465 e. The number of fused-ring (bicyclic) bond motifs is 5. The highest BCUT2D eigenvalue weighted by Crippen LogP contribution is 2.66. The summed E-state index contributed by atoms with van der Waals surface area (Å²) >= 11 is 0. The summed E-state index contributed by atoms with van der Waals surface area (Å²) in [6, 6.07) is 0. The van der Waals surface area contributed by atoms with Gasteiger partial charge in [-0.3, -0.25) is 4.79 Å². The van der Waals surface area contributed by atoms with E-state index in [0.717, 1.165) is 25.7 Å². The average molecular weight is 453 g/mol. The van der Waals surface area contributed by atoms with E-state index in [4.69, 9.17) is 4.74 Å². The van der Waals surface area contributed by atoms with Crippen LogP contribution in [0, 0.1) is 52.3 Å². The van der Waals surface area contributed by atoms with Crippen LogP contribution in [0.15, 0.2) is 0 Å². The number of aliphatic hydroxyl groups excluding tert-OH is 4. The predicted octanol–water partition coefficient (Wildman–Crippen LogP) is 2.75. The number of esters is 1. The first-order valence-electron chi connectivity index (χ1n) is 12.8. The van der Waals surface area contributed by atoms with Gasteiger partial charge in [-0.25, -0.2) is 0 Å². The second kappa shape index (κ2) is 8.51. The second-order valence-electron chi connectivity index (χ2n) is 12.5. The van der Waals surface area contributed by atoms with Gasteiger partial charge in [-0.15, -0.1) is 0 Å². The molecule has 1 saturated heterocycles. The number of ether oxygens (including phenoxy) is 1. The maximum atomic E-state index is 12.9. The number of hydrogen-bond donors (Lipinski definition) is 4. The summed E-state index contributed by atoms with van der Waals surface area (Å²) < 4.78 is 5.84. The van der Waals surface area contributed by atoms with Crippen molar-refractivity contribution < 1.29 is 30.0 Å². The topological polar surface area (TPSA) is 107 Å². The van der Waals surface area contributed by atoms with Gasteiger partial charge in [0.2, 0.25) is 0 Å². The zero-order valence-corrected chi connectivity index (χ0v) is 20.4. The normalized spacial score (nSPS) is 49.3. The monoisotopic (exact) mass is 452 g/mol. The van der Waals surface area contributed by atoms with Crippen molar-refractivity contribution in [1.29, 1.82) is 0 Å². The van der Waals surface area contributed by atoms with E-state index in [-0.39, 0.29) is 52.8 Å². The number of aliphatic hydroxyl groups is 4. The van der Waals surface area contributed by atoms with Crippen LogP contribution in [-0.2, 0) is 9.53 Å². The van der Waals surface area contributed by atoms with Crippen LogP contribution in [0.5, 0.6) is 0 Å². The fourth-order valence-electron chi connectivity index (χ4n) is 8.64. The minimum Gasteiger partial charge on any atom is -0.465 e.